The van der Waals surface area contributed by atoms with Crippen molar-refractivity contribution in [2.24, 2.45) is 0 Å². The zero-order valence-corrected chi connectivity index (χ0v) is 17.2. The van der Waals surface area contributed by atoms with Crippen molar-refractivity contribution in [1.82, 2.24) is 14.8 Å². The van der Waals surface area contributed by atoms with E-state index in [0.29, 0.717) is 23.4 Å². The summed E-state index contributed by atoms with van der Waals surface area (Å²) < 4.78 is 1.49. The Labute approximate surface area is 178 Å². The normalized spacial score (nSPS) is 19.4. The van der Waals surface area contributed by atoms with Gasteiger partial charge in [-0.05, 0) is 53.3 Å². The minimum Gasteiger partial charge on any atom is -0.391 e. The molecule has 5 rings (SSSR count). The van der Waals surface area contributed by atoms with E-state index in [-0.39, 0.29) is 11.6 Å². The van der Waals surface area contributed by atoms with E-state index in [9.17, 15) is 9.90 Å². The van der Waals surface area contributed by atoms with Crippen molar-refractivity contribution in [2.75, 3.05) is 0 Å². The predicted molar refractivity (Wildman–Crippen MR) is 119 cm³/mol. The fraction of sp³-hybridized carbons (Fsp3) is 0.292. The molecule has 1 aliphatic carbocycles. The van der Waals surface area contributed by atoms with Gasteiger partial charge < -0.3 is 5.11 Å². The number of aliphatic hydroxyl groups is 1. The Morgan fingerprint density at radius 1 is 1.00 bits per heavy atom. The lowest BCUT2D eigenvalue weighted by Gasteiger charge is -2.28. The van der Waals surface area contributed by atoms with E-state index >= 15 is 0 Å². The molecule has 4 aromatic rings. The summed E-state index contributed by atoms with van der Waals surface area (Å²) >= 11 is 5.93. The van der Waals surface area contributed by atoms with E-state index in [0.717, 1.165) is 46.5 Å². The van der Waals surface area contributed by atoms with Crippen molar-refractivity contribution in [3.63, 3.8) is 0 Å². The van der Waals surface area contributed by atoms with Gasteiger partial charge in [0.1, 0.15) is 5.15 Å². The van der Waals surface area contributed by atoms with Crippen LogP contribution in [-0.4, -0.2) is 26.0 Å². The van der Waals surface area contributed by atoms with E-state index in [4.69, 9.17) is 11.6 Å². The summed E-state index contributed by atoms with van der Waals surface area (Å²) in [5, 5.41) is 19.0. The molecule has 152 valence electrons. The molecule has 0 saturated heterocycles. The first-order chi connectivity index (χ1) is 14.6. The van der Waals surface area contributed by atoms with Crippen molar-refractivity contribution < 1.29 is 5.11 Å². The van der Waals surface area contributed by atoms with Crippen LogP contribution in [0.4, 0.5) is 0 Å². The highest BCUT2D eigenvalue weighted by atomic mass is 35.5. The largest absolute Gasteiger partial charge is 0.391 e. The molecule has 0 aliphatic heterocycles. The molecule has 5 nitrogen and oxygen atoms in total. The van der Waals surface area contributed by atoms with Crippen molar-refractivity contribution >= 4 is 33.1 Å². The number of aliphatic hydroxyl groups excluding tert-OH is 1. The Balaban J connectivity index is 1.70. The molecule has 1 saturated carbocycles. The molecule has 6 heteroatoms. The summed E-state index contributed by atoms with van der Waals surface area (Å²) in [7, 11) is 0. The first-order valence-electron chi connectivity index (χ1n) is 10.3. The van der Waals surface area contributed by atoms with Crippen LogP contribution in [0.25, 0.3) is 21.5 Å². The van der Waals surface area contributed by atoms with Gasteiger partial charge in [-0.1, -0.05) is 54.8 Å². The van der Waals surface area contributed by atoms with Crippen molar-refractivity contribution in [2.45, 2.75) is 44.2 Å². The second-order valence-corrected chi connectivity index (χ2v) is 8.41. The van der Waals surface area contributed by atoms with Crippen LogP contribution in [0.2, 0.25) is 5.15 Å². The molecule has 2 atom stereocenters. The molecular formula is C24H22ClN3O2. The highest BCUT2D eigenvalue weighted by Gasteiger charge is 2.27. The maximum Gasteiger partial charge on any atom is 0.275 e. The van der Waals surface area contributed by atoms with Crippen LogP contribution in [-0.2, 0) is 6.42 Å². The second-order valence-electron chi connectivity index (χ2n) is 8.02. The average Bonchev–Trinajstić information content (AvgIpc) is 2.77. The number of hydrogen-bond donors (Lipinski definition) is 1. The molecule has 0 unspecified atom stereocenters. The topological polar surface area (TPSA) is 68.0 Å². The molecule has 2 heterocycles. The summed E-state index contributed by atoms with van der Waals surface area (Å²) in [5.74, 6) is 0. The van der Waals surface area contributed by atoms with Crippen LogP contribution >= 0.6 is 11.6 Å². The van der Waals surface area contributed by atoms with E-state index in [2.05, 4.69) is 16.1 Å². The molecule has 0 radical (unpaired) electrons. The summed E-state index contributed by atoms with van der Waals surface area (Å²) in [4.78, 5) is 17.6. The lowest BCUT2D eigenvalue weighted by Crippen LogP contribution is -2.36. The standard InChI is InChI=1S/C24H22ClN3O2/c25-23-10-9-15(13-26-23)11-16-12-19-20(18-6-2-1-5-17(16)18)14-27-28(24(19)30)21-7-3-4-8-22(21)29/h1-2,5-6,9-10,12-14,21-22,29H,3-4,7-8,11H2/t21-,22-/m0/s1. The number of hydrogen-bond acceptors (Lipinski definition) is 4. The minimum atomic E-state index is -0.526. The van der Waals surface area contributed by atoms with E-state index < -0.39 is 6.10 Å². The van der Waals surface area contributed by atoms with Gasteiger partial charge in [-0.3, -0.25) is 4.79 Å². The predicted octanol–water partition coefficient (Wildman–Crippen LogP) is 4.66. The third kappa shape index (κ3) is 3.38. The Morgan fingerprint density at radius 2 is 1.80 bits per heavy atom. The summed E-state index contributed by atoms with van der Waals surface area (Å²) in [5.41, 5.74) is 1.95. The first kappa shape index (κ1) is 19.2. The molecule has 2 aromatic heterocycles. The lowest BCUT2D eigenvalue weighted by atomic mass is 9.92. The SMILES string of the molecule is O=c1c2cc(Cc3ccc(Cl)nc3)c3ccccc3c2cnn1[C@H]1CCCC[C@@H]1O. The molecule has 1 fully saturated rings. The number of fused-ring (bicyclic) bond motifs is 3. The number of nitrogens with zero attached hydrogens (tertiary/aromatic N) is 3. The van der Waals surface area contributed by atoms with Crippen molar-refractivity contribution in [3.8, 4) is 0 Å². The van der Waals surface area contributed by atoms with E-state index in [1.165, 1.54) is 4.68 Å². The third-order valence-corrected chi connectivity index (χ3v) is 6.34. The van der Waals surface area contributed by atoms with Crippen LogP contribution in [0.5, 0.6) is 0 Å². The molecule has 2 aromatic carbocycles. The molecule has 0 spiro atoms. The van der Waals surface area contributed by atoms with Gasteiger partial charge in [0.25, 0.3) is 5.56 Å². The molecular weight excluding hydrogens is 398 g/mol. The van der Waals surface area contributed by atoms with Crippen molar-refractivity contribution in [3.05, 3.63) is 81.5 Å². The van der Waals surface area contributed by atoms with Gasteiger partial charge in [-0.15, -0.1) is 0 Å². The van der Waals surface area contributed by atoms with Crippen molar-refractivity contribution in [1.29, 1.82) is 0 Å². The summed E-state index contributed by atoms with van der Waals surface area (Å²) in [6.45, 7) is 0. The van der Waals surface area contributed by atoms with Gasteiger partial charge >= 0.3 is 0 Å². The molecule has 1 aliphatic rings. The molecule has 0 bridgehead atoms. The van der Waals surface area contributed by atoms with E-state index in [1.54, 1.807) is 18.5 Å². The minimum absolute atomic E-state index is 0.139. The van der Waals surface area contributed by atoms with Crippen LogP contribution in [0.1, 0.15) is 42.9 Å². The summed E-state index contributed by atoms with van der Waals surface area (Å²) in [6.07, 6.45) is 7.14. The monoisotopic (exact) mass is 419 g/mol. The number of benzene rings is 2. The van der Waals surface area contributed by atoms with Gasteiger partial charge in [0.15, 0.2) is 0 Å². The fourth-order valence-corrected chi connectivity index (χ4v) is 4.69. The van der Waals surface area contributed by atoms with Gasteiger partial charge in [0.05, 0.1) is 23.7 Å². The van der Waals surface area contributed by atoms with Crippen LogP contribution < -0.4 is 5.56 Å². The van der Waals surface area contributed by atoms with Gasteiger partial charge in [-0.2, -0.15) is 5.10 Å². The lowest BCUT2D eigenvalue weighted by molar-refractivity contribution is 0.0672. The van der Waals surface area contributed by atoms with Gasteiger partial charge in [0.2, 0.25) is 0 Å². The average molecular weight is 420 g/mol. The Morgan fingerprint density at radius 3 is 2.57 bits per heavy atom. The summed E-state index contributed by atoms with van der Waals surface area (Å²) in [6, 6.07) is 13.5. The van der Waals surface area contributed by atoms with Crippen LogP contribution in [0, 0.1) is 0 Å². The fourth-order valence-electron chi connectivity index (χ4n) is 4.58. The Hall–Kier alpha value is -2.76. The van der Waals surface area contributed by atoms with Gasteiger partial charge in [0, 0.05) is 11.6 Å². The van der Waals surface area contributed by atoms with Gasteiger partial charge in [-0.25, -0.2) is 9.67 Å². The highest BCUT2D eigenvalue weighted by molar-refractivity contribution is 6.29. The number of halogens is 1. The smallest absolute Gasteiger partial charge is 0.275 e. The van der Waals surface area contributed by atoms with Crippen LogP contribution in [0.15, 0.2) is 59.7 Å². The maximum absolute atomic E-state index is 13.4. The number of aromatic nitrogens is 3. The Bertz CT molecular complexity index is 1280. The molecule has 30 heavy (non-hydrogen) atoms. The third-order valence-electron chi connectivity index (χ3n) is 6.11. The molecule has 1 N–H and O–H groups in total. The zero-order chi connectivity index (χ0) is 20.7. The highest BCUT2D eigenvalue weighted by Crippen LogP contribution is 2.30. The zero-order valence-electron chi connectivity index (χ0n) is 16.5. The second kappa shape index (κ2) is 7.82. The molecule has 0 amide bonds. The number of pyridine rings is 1. The maximum atomic E-state index is 13.4. The quantitative estimate of drug-likeness (QED) is 0.387. The number of rotatable bonds is 3. The van der Waals surface area contributed by atoms with E-state index in [1.807, 2.05) is 30.3 Å². The first-order valence-corrected chi connectivity index (χ1v) is 10.7. The van der Waals surface area contributed by atoms with Crippen LogP contribution in [0.3, 0.4) is 0 Å². The Kier molecular flexibility index (Phi) is 5.01.